The molecule has 1 aromatic heterocycles. The van der Waals surface area contributed by atoms with E-state index in [1.807, 2.05) is 18.2 Å². The number of benzene rings is 1. The van der Waals surface area contributed by atoms with Gasteiger partial charge in [-0.1, -0.05) is 5.16 Å². The zero-order chi connectivity index (χ0) is 10.3. The van der Waals surface area contributed by atoms with E-state index in [1.165, 1.54) is 6.20 Å². The summed E-state index contributed by atoms with van der Waals surface area (Å²) in [5.74, 6) is 1.98. The molecule has 2 heterocycles. The fourth-order valence-electron chi connectivity index (χ4n) is 1.50. The van der Waals surface area contributed by atoms with Gasteiger partial charge in [0.05, 0.1) is 6.20 Å². The number of ether oxygens (including phenoxy) is 2. The number of rotatable bonds is 1. The van der Waals surface area contributed by atoms with Crippen LogP contribution in [-0.2, 0) is 0 Å². The van der Waals surface area contributed by atoms with Crippen LogP contribution in [0.2, 0.25) is 0 Å². The van der Waals surface area contributed by atoms with Gasteiger partial charge in [0.25, 0.3) is 0 Å². The highest BCUT2D eigenvalue weighted by molar-refractivity contribution is 5.72. The standard InChI is InChI=1S/C10H8N2O3/c11-7-4-12-15-10(7)6-1-2-8-9(3-6)14-5-13-8/h1-4H,5,11H2. The molecular formula is C10H8N2O3. The summed E-state index contributed by atoms with van der Waals surface area (Å²) in [5, 5.41) is 3.62. The number of hydrogen-bond acceptors (Lipinski definition) is 5. The first-order valence-electron chi connectivity index (χ1n) is 4.45. The summed E-state index contributed by atoms with van der Waals surface area (Å²) in [4.78, 5) is 0. The molecule has 0 saturated carbocycles. The quantitative estimate of drug-likeness (QED) is 0.764. The first-order valence-corrected chi connectivity index (χ1v) is 4.45. The van der Waals surface area contributed by atoms with Crippen LogP contribution in [-0.4, -0.2) is 11.9 Å². The van der Waals surface area contributed by atoms with Crippen molar-refractivity contribution in [2.24, 2.45) is 0 Å². The molecule has 0 spiro atoms. The highest BCUT2D eigenvalue weighted by Gasteiger charge is 2.16. The lowest BCUT2D eigenvalue weighted by atomic mass is 10.1. The number of aromatic nitrogens is 1. The van der Waals surface area contributed by atoms with Gasteiger partial charge >= 0.3 is 0 Å². The zero-order valence-corrected chi connectivity index (χ0v) is 7.77. The Morgan fingerprint density at radius 2 is 2.07 bits per heavy atom. The van der Waals surface area contributed by atoms with E-state index in [9.17, 15) is 0 Å². The van der Waals surface area contributed by atoms with Gasteiger partial charge in [0, 0.05) is 5.56 Å². The van der Waals surface area contributed by atoms with E-state index < -0.39 is 0 Å². The summed E-state index contributed by atoms with van der Waals surface area (Å²) in [7, 11) is 0. The van der Waals surface area contributed by atoms with E-state index in [1.54, 1.807) is 0 Å². The van der Waals surface area contributed by atoms with Crippen molar-refractivity contribution in [2.45, 2.75) is 0 Å². The smallest absolute Gasteiger partial charge is 0.231 e. The molecule has 5 heteroatoms. The minimum atomic E-state index is 0.255. The lowest BCUT2D eigenvalue weighted by Crippen LogP contribution is -1.92. The summed E-state index contributed by atoms with van der Waals surface area (Å²) in [6, 6.07) is 5.49. The van der Waals surface area contributed by atoms with Gasteiger partial charge in [0.15, 0.2) is 17.3 Å². The molecule has 5 nitrogen and oxygen atoms in total. The maximum absolute atomic E-state index is 5.69. The second-order valence-corrected chi connectivity index (χ2v) is 3.18. The first kappa shape index (κ1) is 8.16. The van der Waals surface area contributed by atoms with Gasteiger partial charge in [-0.15, -0.1) is 0 Å². The number of anilines is 1. The Balaban J connectivity index is 2.11. The molecule has 0 aliphatic carbocycles. The summed E-state index contributed by atoms with van der Waals surface area (Å²) in [6.07, 6.45) is 1.47. The van der Waals surface area contributed by atoms with Crippen LogP contribution in [0.15, 0.2) is 28.9 Å². The van der Waals surface area contributed by atoms with Crippen LogP contribution >= 0.6 is 0 Å². The summed E-state index contributed by atoms with van der Waals surface area (Å²) >= 11 is 0. The molecule has 0 amide bonds. The number of nitrogens with two attached hydrogens (primary N) is 1. The third-order valence-corrected chi connectivity index (χ3v) is 2.23. The Morgan fingerprint density at radius 1 is 1.20 bits per heavy atom. The van der Waals surface area contributed by atoms with E-state index in [4.69, 9.17) is 19.7 Å². The van der Waals surface area contributed by atoms with E-state index in [0.29, 0.717) is 17.2 Å². The largest absolute Gasteiger partial charge is 0.454 e. The highest BCUT2D eigenvalue weighted by Crippen LogP contribution is 2.37. The van der Waals surface area contributed by atoms with Crippen LogP contribution < -0.4 is 15.2 Å². The third-order valence-electron chi connectivity index (χ3n) is 2.23. The van der Waals surface area contributed by atoms with Crippen molar-refractivity contribution >= 4 is 5.69 Å². The Bertz CT molecular complexity index is 507. The van der Waals surface area contributed by atoms with Crippen molar-refractivity contribution in [3.05, 3.63) is 24.4 Å². The second-order valence-electron chi connectivity index (χ2n) is 3.18. The molecule has 1 aliphatic heterocycles. The molecule has 0 atom stereocenters. The average Bonchev–Trinajstić information content (AvgIpc) is 2.84. The lowest BCUT2D eigenvalue weighted by molar-refractivity contribution is 0.174. The van der Waals surface area contributed by atoms with Crippen molar-refractivity contribution in [3.63, 3.8) is 0 Å². The number of nitrogen functional groups attached to an aromatic ring is 1. The third kappa shape index (κ3) is 1.20. The first-order chi connectivity index (χ1) is 7.34. The van der Waals surface area contributed by atoms with Crippen LogP contribution in [0.1, 0.15) is 0 Å². The van der Waals surface area contributed by atoms with Crippen molar-refractivity contribution < 1.29 is 14.0 Å². The molecule has 0 radical (unpaired) electrons. The van der Waals surface area contributed by atoms with Gasteiger partial charge in [-0.3, -0.25) is 0 Å². The van der Waals surface area contributed by atoms with Gasteiger partial charge in [-0.25, -0.2) is 0 Å². The van der Waals surface area contributed by atoms with Crippen LogP contribution in [0.5, 0.6) is 11.5 Å². The minimum absolute atomic E-state index is 0.255. The van der Waals surface area contributed by atoms with Gasteiger partial charge < -0.3 is 19.7 Å². The Labute approximate surface area is 85.4 Å². The lowest BCUT2D eigenvalue weighted by Gasteiger charge is -1.99. The molecule has 76 valence electrons. The normalized spacial score (nSPS) is 13.1. The van der Waals surface area contributed by atoms with Crippen LogP contribution in [0, 0.1) is 0 Å². The van der Waals surface area contributed by atoms with Crippen LogP contribution in [0.25, 0.3) is 11.3 Å². The summed E-state index contributed by atoms with van der Waals surface area (Å²) in [6.45, 7) is 0.255. The van der Waals surface area contributed by atoms with Crippen LogP contribution in [0.3, 0.4) is 0 Å². The molecule has 3 rings (SSSR count). The maximum atomic E-state index is 5.69. The Kier molecular flexibility index (Phi) is 1.58. The van der Waals surface area contributed by atoms with Gasteiger partial charge in [-0.05, 0) is 18.2 Å². The topological polar surface area (TPSA) is 70.5 Å². The monoisotopic (exact) mass is 204 g/mol. The molecule has 1 aromatic carbocycles. The second kappa shape index (κ2) is 2.91. The maximum Gasteiger partial charge on any atom is 0.231 e. The van der Waals surface area contributed by atoms with Crippen LogP contribution in [0.4, 0.5) is 5.69 Å². The summed E-state index contributed by atoms with van der Waals surface area (Å²) in [5.41, 5.74) is 7.03. The average molecular weight is 204 g/mol. The Hall–Kier alpha value is -2.17. The molecule has 15 heavy (non-hydrogen) atoms. The van der Waals surface area contributed by atoms with Crippen molar-refractivity contribution in [2.75, 3.05) is 12.5 Å². The van der Waals surface area contributed by atoms with E-state index in [0.717, 1.165) is 11.3 Å². The predicted octanol–water partition coefficient (Wildman–Crippen LogP) is 1.65. The molecule has 2 N–H and O–H groups in total. The molecule has 1 aliphatic rings. The number of hydrogen-bond donors (Lipinski definition) is 1. The Morgan fingerprint density at radius 3 is 2.87 bits per heavy atom. The summed E-state index contributed by atoms with van der Waals surface area (Å²) < 4.78 is 15.5. The van der Waals surface area contributed by atoms with Gasteiger partial charge in [-0.2, -0.15) is 0 Å². The van der Waals surface area contributed by atoms with Crippen molar-refractivity contribution in [3.8, 4) is 22.8 Å². The fraction of sp³-hybridized carbons (Fsp3) is 0.100. The minimum Gasteiger partial charge on any atom is -0.454 e. The zero-order valence-electron chi connectivity index (χ0n) is 7.77. The number of nitrogens with zero attached hydrogens (tertiary/aromatic N) is 1. The highest BCUT2D eigenvalue weighted by atomic mass is 16.7. The fourth-order valence-corrected chi connectivity index (χ4v) is 1.50. The molecule has 0 fully saturated rings. The van der Waals surface area contributed by atoms with Crippen molar-refractivity contribution in [1.82, 2.24) is 5.16 Å². The van der Waals surface area contributed by atoms with Crippen molar-refractivity contribution in [1.29, 1.82) is 0 Å². The van der Waals surface area contributed by atoms with Gasteiger partial charge in [0.1, 0.15) is 5.69 Å². The van der Waals surface area contributed by atoms with E-state index in [-0.39, 0.29) is 6.79 Å². The van der Waals surface area contributed by atoms with E-state index in [2.05, 4.69) is 5.16 Å². The molecule has 2 aromatic rings. The molecule has 0 bridgehead atoms. The molecule has 0 unspecified atom stereocenters. The number of fused-ring (bicyclic) bond motifs is 1. The predicted molar refractivity (Wildman–Crippen MR) is 52.5 cm³/mol. The SMILES string of the molecule is Nc1cnoc1-c1ccc2c(c1)OCO2. The molecule has 0 saturated heterocycles. The molecular weight excluding hydrogens is 196 g/mol. The van der Waals surface area contributed by atoms with E-state index >= 15 is 0 Å². The van der Waals surface area contributed by atoms with Gasteiger partial charge in [0.2, 0.25) is 6.79 Å².